The molecule has 6 nitrogen and oxygen atoms in total. The fourth-order valence-electron chi connectivity index (χ4n) is 4.47. The highest BCUT2D eigenvalue weighted by atomic mass is 19.4. The number of alkyl halides is 3. The van der Waals surface area contributed by atoms with Crippen molar-refractivity contribution in [2.75, 3.05) is 56.2 Å². The molecule has 4 rings (SSSR count). The van der Waals surface area contributed by atoms with Crippen LogP contribution in [0.15, 0.2) is 41.0 Å². The number of anilines is 2. The molecule has 0 aromatic heterocycles. The van der Waals surface area contributed by atoms with E-state index >= 15 is 0 Å². The lowest BCUT2D eigenvalue weighted by Gasteiger charge is -2.32. The number of nitrogens with zero attached hydrogens (tertiary/aromatic N) is 3. The topological polar surface area (TPSA) is 57.2 Å². The minimum absolute atomic E-state index is 0.0527. The van der Waals surface area contributed by atoms with Crippen LogP contribution in [0, 0.1) is 5.92 Å². The van der Waals surface area contributed by atoms with E-state index in [1.54, 1.807) is 0 Å². The number of halogens is 3. The number of piperidine rings is 1. The summed E-state index contributed by atoms with van der Waals surface area (Å²) >= 11 is 0. The number of rotatable bonds is 6. The van der Waals surface area contributed by atoms with Crippen molar-refractivity contribution in [3.8, 4) is 0 Å². The van der Waals surface area contributed by atoms with E-state index < -0.39 is 12.6 Å². The molecule has 0 unspecified atom stereocenters. The van der Waals surface area contributed by atoms with Gasteiger partial charge in [-0.3, -0.25) is 9.79 Å². The van der Waals surface area contributed by atoms with E-state index in [0.29, 0.717) is 38.4 Å². The number of benzene rings is 1. The van der Waals surface area contributed by atoms with Crippen molar-refractivity contribution in [2.24, 2.45) is 10.9 Å². The minimum Gasteiger partial charge on any atom is -0.378 e. The fourth-order valence-corrected chi connectivity index (χ4v) is 4.47. The summed E-state index contributed by atoms with van der Waals surface area (Å²) in [6.07, 6.45) is -0.854. The van der Waals surface area contributed by atoms with Crippen molar-refractivity contribution >= 4 is 23.0 Å². The van der Waals surface area contributed by atoms with Gasteiger partial charge in [0, 0.05) is 37.7 Å². The van der Waals surface area contributed by atoms with E-state index in [1.165, 1.54) is 0 Å². The molecule has 9 heteroatoms. The predicted octanol–water partition coefficient (Wildman–Crippen LogP) is 3.85. The van der Waals surface area contributed by atoms with Crippen LogP contribution in [0.2, 0.25) is 0 Å². The van der Waals surface area contributed by atoms with Crippen molar-refractivity contribution in [1.82, 2.24) is 4.90 Å². The number of allylic oxidation sites excluding steroid dienone is 1. The van der Waals surface area contributed by atoms with Gasteiger partial charge >= 0.3 is 6.18 Å². The Morgan fingerprint density at radius 2 is 1.84 bits per heavy atom. The van der Waals surface area contributed by atoms with E-state index in [2.05, 4.69) is 15.2 Å². The highest BCUT2D eigenvalue weighted by Crippen LogP contribution is 2.29. The molecule has 0 bridgehead atoms. The number of ether oxygens (including phenoxy) is 1. The number of likely N-dealkylation sites (tertiary alicyclic amines) is 1. The lowest BCUT2D eigenvalue weighted by atomic mass is 9.90. The first kappa shape index (κ1) is 22.8. The van der Waals surface area contributed by atoms with Crippen LogP contribution < -0.4 is 10.2 Å². The second kappa shape index (κ2) is 10.0. The van der Waals surface area contributed by atoms with Gasteiger partial charge in [0.25, 0.3) is 5.91 Å². The smallest absolute Gasteiger partial charge is 0.378 e. The van der Waals surface area contributed by atoms with Gasteiger partial charge in [-0.1, -0.05) is 12.1 Å². The van der Waals surface area contributed by atoms with E-state index in [9.17, 15) is 18.0 Å². The zero-order valence-electron chi connectivity index (χ0n) is 18.0. The highest BCUT2D eigenvalue weighted by molar-refractivity contribution is 6.09. The average molecular weight is 451 g/mol. The molecule has 1 aromatic rings. The lowest BCUT2D eigenvalue weighted by molar-refractivity contribution is -0.138. The minimum atomic E-state index is -4.11. The Morgan fingerprint density at radius 3 is 2.56 bits per heavy atom. The summed E-state index contributed by atoms with van der Waals surface area (Å²) < 4.78 is 42.7. The Morgan fingerprint density at radius 1 is 1.12 bits per heavy atom. The molecular weight excluding hydrogens is 421 g/mol. The number of amides is 1. The van der Waals surface area contributed by atoms with Crippen LogP contribution in [0.3, 0.4) is 0 Å². The Bertz CT molecular complexity index is 870. The van der Waals surface area contributed by atoms with Gasteiger partial charge in [-0.2, -0.15) is 13.2 Å². The Balaban J connectivity index is 1.32. The molecule has 32 heavy (non-hydrogen) atoms. The molecule has 3 aliphatic heterocycles. The number of para-hydroxylation sites is 2. The van der Waals surface area contributed by atoms with E-state index in [-0.39, 0.29) is 18.4 Å². The van der Waals surface area contributed by atoms with Crippen LogP contribution in [0.1, 0.15) is 25.7 Å². The Labute approximate surface area is 186 Å². The monoisotopic (exact) mass is 450 g/mol. The maximum absolute atomic E-state index is 12.9. The van der Waals surface area contributed by atoms with Crippen LogP contribution >= 0.6 is 0 Å². The number of aliphatic imine (C=N–C) groups is 1. The van der Waals surface area contributed by atoms with Gasteiger partial charge in [0.2, 0.25) is 0 Å². The van der Waals surface area contributed by atoms with Crippen molar-refractivity contribution in [3.63, 3.8) is 0 Å². The molecule has 3 heterocycles. The van der Waals surface area contributed by atoms with E-state index in [4.69, 9.17) is 4.74 Å². The number of hydrogen-bond acceptors (Lipinski definition) is 5. The number of hydrogen-bond donors (Lipinski definition) is 1. The molecule has 2 saturated heterocycles. The van der Waals surface area contributed by atoms with Crippen LogP contribution in [0.5, 0.6) is 0 Å². The zero-order valence-corrected chi connectivity index (χ0v) is 18.0. The molecule has 0 radical (unpaired) electrons. The molecule has 1 amide bonds. The molecule has 1 aromatic carbocycles. The van der Waals surface area contributed by atoms with Crippen LogP contribution in [-0.4, -0.2) is 68.6 Å². The van der Waals surface area contributed by atoms with Gasteiger partial charge in [-0.05, 0) is 44.1 Å². The summed E-state index contributed by atoms with van der Waals surface area (Å²) in [6.45, 7) is 4.20. The summed E-state index contributed by atoms with van der Waals surface area (Å²) in [4.78, 5) is 21.5. The Hall–Kier alpha value is -2.39. The molecule has 0 spiro atoms. The largest absolute Gasteiger partial charge is 0.390 e. The molecule has 0 atom stereocenters. The van der Waals surface area contributed by atoms with Crippen molar-refractivity contribution < 1.29 is 22.7 Å². The van der Waals surface area contributed by atoms with Crippen LogP contribution in [0.4, 0.5) is 24.5 Å². The molecule has 174 valence electrons. The van der Waals surface area contributed by atoms with Gasteiger partial charge in [-0.25, -0.2) is 0 Å². The first-order valence-corrected chi connectivity index (χ1v) is 11.2. The molecule has 0 saturated carbocycles. The highest BCUT2D eigenvalue weighted by Gasteiger charge is 2.31. The first-order chi connectivity index (χ1) is 15.4. The van der Waals surface area contributed by atoms with Gasteiger partial charge < -0.3 is 19.9 Å². The molecule has 1 N–H and O–H groups in total. The lowest BCUT2D eigenvalue weighted by Crippen LogP contribution is -2.38. The van der Waals surface area contributed by atoms with Gasteiger partial charge in [0.15, 0.2) is 0 Å². The van der Waals surface area contributed by atoms with Gasteiger partial charge in [-0.15, -0.1) is 0 Å². The molecule has 2 fully saturated rings. The Kier molecular flexibility index (Phi) is 7.15. The van der Waals surface area contributed by atoms with Crippen molar-refractivity contribution in [1.29, 1.82) is 0 Å². The second-order valence-corrected chi connectivity index (χ2v) is 8.45. The number of nitrogens with one attached hydrogen (secondary N) is 1. The quantitative estimate of drug-likeness (QED) is 0.715. The summed E-state index contributed by atoms with van der Waals surface area (Å²) in [6, 6.07) is 7.72. The van der Waals surface area contributed by atoms with Gasteiger partial charge in [0.05, 0.1) is 31.0 Å². The van der Waals surface area contributed by atoms with E-state index in [1.807, 2.05) is 35.2 Å². The van der Waals surface area contributed by atoms with Crippen molar-refractivity contribution in [3.05, 3.63) is 36.0 Å². The molecule has 0 aliphatic carbocycles. The molecular formula is C23H29F3N4O2. The third kappa shape index (κ3) is 5.89. The van der Waals surface area contributed by atoms with Crippen LogP contribution in [0.25, 0.3) is 0 Å². The van der Waals surface area contributed by atoms with Gasteiger partial charge in [0.1, 0.15) is 5.70 Å². The fraction of sp³-hybridized carbons (Fsp3) is 0.565. The number of carbonyl (C=O) groups is 1. The maximum Gasteiger partial charge on any atom is 0.390 e. The SMILES string of the molecule is O=C(Nc1ccccc1N1CCOCC1)C1=CCC(C2CCN(CCC(F)(F)F)CC2)=N1. The molecule has 3 aliphatic rings. The average Bonchev–Trinajstić information content (AvgIpc) is 3.29. The van der Waals surface area contributed by atoms with Crippen molar-refractivity contribution in [2.45, 2.75) is 31.9 Å². The maximum atomic E-state index is 12.9. The third-order valence-electron chi connectivity index (χ3n) is 6.28. The summed E-state index contributed by atoms with van der Waals surface area (Å²) in [5.41, 5.74) is 3.10. The summed E-state index contributed by atoms with van der Waals surface area (Å²) in [5, 5.41) is 3.00. The third-order valence-corrected chi connectivity index (χ3v) is 6.28. The zero-order chi connectivity index (χ0) is 22.6. The van der Waals surface area contributed by atoms with E-state index in [0.717, 1.165) is 43.0 Å². The number of morpholine rings is 1. The second-order valence-electron chi connectivity index (χ2n) is 8.45. The normalized spacial score (nSPS) is 20.8. The summed E-state index contributed by atoms with van der Waals surface area (Å²) in [7, 11) is 0. The standard InChI is InChI=1S/C23H29F3N4O2/c24-23(25,26)9-12-29-10-7-17(8-11-29)18-5-6-20(27-18)22(31)28-19-3-1-2-4-21(19)30-13-15-32-16-14-30/h1-4,6,17H,5,7-16H2,(H,28,31). The number of carbonyl (C=O) groups excluding carboxylic acids is 1. The first-order valence-electron chi connectivity index (χ1n) is 11.2. The van der Waals surface area contributed by atoms with Crippen LogP contribution in [-0.2, 0) is 9.53 Å². The summed E-state index contributed by atoms with van der Waals surface area (Å²) in [5.74, 6) is -0.0114. The predicted molar refractivity (Wildman–Crippen MR) is 118 cm³/mol.